The molecule has 0 aromatic carbocycles. The Kier molecular flexibility index (Phi) is 6.94. The van der Waals surface area contributed by atoms with Gasteiger partial charge in [0.15, 0.2) is 0 Å². The highest BCUT2D eigenvalue weighted by Crippen LogP contribution is 2.16. The highest BCUT2D eigenvalue weighted by atomic mass is 15.1. The first kappa shape index (κ1) is 14.2. The van der Waals surface area contributed by atoms with E-state index in [9.17, 15) is 0 Å². The predicted molar refractivity (Wildman–Crippen MR) is 72.8 cm³/mol. The summed E-state index contributed by atoms with van der Waals surface area (Å²) >= 11 is 0. The van der Waals surface area contributed by atoms with Crippen molar-refractivity contribution in [3.05, 3.63) is 18.2 Å². The summed E-state index contributed by atoms with van der Waals surface area (Å²) in [6.07, 6.45) is 12.8. The van der Waals surface area contributed by atoms with Crippen molar-refractivity contribution < 1.29 is 0 Å². The van der Waals surface area contributed by atoms with Gasteiger partial charge in [0.05, 0.1) is 6.04 Å². The van der Waals surface area contributed by atoms with Gasteiger partial charge >= 0.3 is 0 Å². The topological polar surface area (TPSA) is 43.8 Å². The van der Waals surface area contributed by atoms with Gasteiger partial charge in [0.1, 0.15) is 5.82 Å². The molecule has 1 aromatic rings. The van der Waals surface area contributed by atoms with E-state index in [0.29, 0.717) is 0 Å². The van der Waals surface area contributed by atoms with Gasteiger partial charge in [-0.15, -0.1) is 0 Å². The van der Waals surface area contributed by atoms with E-state index in [1.54, 1.807) is 0 Å². The quantitative estimate of drug-likeness (QED) is 0.666. The van der Waals surface area contributed by atoms with Crippen molar-refractivity contribution >= 4 is 0 Å². The van der Waals surface area contributed by atoms with Crippen LogP contribution in [0, 0.1) is 0 Å². The van der Waals surface area contributed by atoms with E-state index >= 15 is 0 Å². The third-order valence-electron chi connectivity index (χ3n) is 3.29. The molecule has 0 aliphatic heterocycles. The summed E-state index contributed by atoms with van der Waals surface area (Å²) in [5.41, 5.74) is 6.17. The highest BCUT2D eigenvalue weighted by molar-refractivity contribution is 4.98. The van der Waals surface area contributed by atoms with Crippen molar-refractivity contribution in [2.24, 2.45) is 5.73 Å². The molecule has 1 atom stereocenters. The molecule has 1 rings (SSSR count). The predicted octanol–water partition coefficient (Wildman–Crippen LogP) is 3.65. The maximum atomic E-state index is 6.17. The minimum absolute atomic E-state index is 0.108. The Morgan fingerprint density at radius 2 is 1.88 bits per heavy atom. The summed E-state index contributed by atoms with van der Waals surface area (Å²) in [5, 5.41) is 0. The molecule has 2 N–H and O–H groups in total. The van der Waals surface area contributed by atoms with Gasteiger partial charge in [-0.3, -0.25) is 0 Å². The third-order valence-corrected chi connectivity index (χ3v) is 3.29. The first-order valence-electron chi connectivity index (χ1n) is 7.06. The van der Waals surface area contributed by atoms with Crippen molar-refractivity contribution in [2.45, 2.75) is 71.4 Å². The van der Waals surface area contributed by atoms with Crippen LogP contribution < -0.4 is 5.73 Å². The van der Waals surface area contributed by atoms with Gasteiger partial charge in [-0.2, -0.15) is 0 Å². The van der Waals surface area contributed by atoms with E-state index in [4.69, 9.17) is 5.73 Å². The lowest BCUT2D eigenvalue weighted by Crippen LogP contribution is -2.16. The van der Waals surface area contributed by atoms with Crippen LogP contribution in [0.3, 0.4) is 0 Å². The molecule has 0 saturated heterocycles. The molecule has 98 valence electrons. The fourth-order valence-corrected chi connectivity index (χ4v) is 2.19. The van der Waals surface area contributed by atoms with Gasteiger partial charge in [-0.25, -0.2) is 4.98 Å². The number of unbranched alkanes of at least 4 members (excludes halogenated alkanes) is 5. The van der Waals surface area contributed by atoms with Crippen LogP contribution in [-0.4, -0.2) is 9.55 Å². The normalized spacial score (nSPS) is 12.9. The lowest BCUT2D eigenvalue weighted by molar-refractivity contribution is 0.515. The van der Waals surface area contributed by atoms with Gasteiger partial charge in [0.25, 0.3) is 0 Å². The van der Waals surface area contributed by atoms with Crippen LogP contribution in [0.5, 0.6) is 0 Å². The zero-order chi connectivity index (χ0) is 12.5. The number of hydrogen-bond acceptors (Lipinski definition) is 2. The third kappa shape index (κ3) is 4.90. The van der Waals surface area contributed by atoms with E-state index in [-0.39, 0.29) is 6.04 Å². The second kappa shape index (κ2) is 8.29. The van der Waals surface area contributed by atoms with Crippen LogP contribution in [0.1, 0.15) is 70.7 Å². The van der Waals surface area contributed by atoms with E-state index in [1.807, 2.05) is 12.4 Å². The Morgan fingerprint density at radius 3 is 2.59 bits per heavy atom. The van der Waals surface area contributed by atoms with Crippen LogP contribution in [0.15, 0.2) is 12.4 Å². The highest BCUT2D eigenvalue weighted by Gasteiger charge is 2.10. The molecule has 1 unspecified atom stereocenters. The molecule has 0 aliphatic carbocycles. The lowest BCUT2D eigenvalue weighted by Gasteiger charge is -2.12. The number of aromatic nitrogens is 2. The van der Waals surface area contributed by atoms with Crippen LogP contribution in [-0.2, 0) is 6.54 Å². The van der Waals surface area contributed by atoms with Crippen molar-refractivity contribution in [2.75, 3.05) is 0 Å². The van der Waals surface area contributed by atoms with E-state index in [0.717, 1.165) is 18.8 Å². The number of hydrogen-bond donors (Lipinski definition) is 1. The molecule has 3 heteroatoms. The molecule has 1 aromatic heterocycles. The number of nitrogens with zero attached hydrogens (tertiary/aromatic N) is 2. The molecule has 0 amide bonds. The standard InChI is InChI=1S/C14H27N3/c1-3-5-6-7-8-9-10-13(15)14-16-11-12-17(14)4-2/h11-13H,3-10,15H2,1-2H3. The summed E-state index contributed by atoms with van der Waals surface area (Å²) in [7, 11) is 0. The Balaban J connectivity index is 2.19. The molecule has 3 nitrogen and oxygen atoms in total. The Hall–Kier alpha value is -0.830. The van der Waals surface area contributed by atoms with Gasteiger partial charge in [0.2, 0.25) is 0 Å². The van der Waals surface area contributed by atoms with Crippen LogP contribution in [0.25, 0.3) is 0 Å². The van der Waals surface area contributed by atoms with Gasteiger partial charge in [0, 0.05) is 18.9 Å². The van der Waals surface area contributed by atoms with Crippen molar-refractivity contribution in [1.82, 2.24) is 9.55 Å². The van der Waals surface area contributed by atoms with E-state index in [1.165, 1.54) is 38.5 Å². The molecule has 1 heterocycles. The van der Waals surface area contributed by atoms with Crippen LogP contribution in [0.4, 0.5) is 0 Å². The number of aryl methyl sites for hydroxylation is 1. The Labute approximate surface area is 105 Å². The SMILES string of the molecule is CCCCCCCCC(N)c1nccn1CC. The summed E-state index contributed by atoms with van der Waals surface area (Å²) in [5.74, 6) is 1.04. The van der Waals surface area contributed by atoms with Gasteiger partial charge in [-0.05, 0) is 13.3 Å². The summed E-state index contributed by atoms with van der Waals surface area (Å²) in [4.78, 5) is 4.35. The molecule has 0 radical (unpaired) electrons. The Morgan fingerprint density at radius 1 is 1.18 bits per heavy atom. The molecular formula is C14H27N3. The molecule has 0 aliphatic rings. The smallest absolute Gasteiger partial charge is 0.125 e. The average Bonchev–Trinajstić information content (AvgIpc) is 2.81. The summed E-state index contributed by atoms with van der Waals surface area (Å²) in [6.45, 7) is 5.34. The Bertz CT molecular complexity index is 293. The molecule has 0 bridgehead atoms. The minimum Gasteiger partial charge on any atom is -0.334 e. The first-order valence-corrected chi connectivity index (χ1v) is 7.06. The van der Waals surface area contributed by atoms with Crippen LogP contribution >= 0.6 is 0 Å². The number of imidazole rings is 1. The second-order valence-electron chi connectivity index (χ2n) is 4.73. The van der Waals surface area contributed by atoms with E-state index < -0.39 is 0 Å². The van der Waals surface area contributed by atoms with Crippen LogP contribution in [0.2, 0.25) is 0 Å². The number of nitrogens with two attached hydrogens (primary N) is 1. The zero-order valence-electron chi connectivity index (χ0n) is 11.4. The fraction of sp³-hybridized carbons (Fsp3) is 0.786. The maximum absolute atomic E-state index is 6.17. The van der Waals surface area contributed by atoms with Crippen molar-refractivity contribution in [3.8, 4) is 0 Å². The minimum atomic E-state index is 0.108. The molecule has 0 fully saturated rings. The average molecular weight is 237 g/mol. The molecular weight excluding hydrogens is 210 g/mol. The summed E-state index contributed by atoms with van der Waals surface area (Å²) in [6, 6.07) is 0.108. The zero-order valence-corrected chi connectivity index (χ0v) is 11.4. The van der Waals surface area contributed by atoms with Gasteiger partial charge < -0.3 is 10.3 Å². The maximum Gasteiger partial charge on any atom is 0.125 e. The fourth-order valence-electron chi connectivity index (χ4n) is 2.19. The monoisotopic (exact) mass is 237 g/mol. The van der Waals surface area contributed by atoms with Crippen molar-refractivity contribution in [1.29, 1.82) is 0 Å². The number of rotatable bonds is 9. The largest absolute Gasteiger partial charge is 0.334 e. The van der Waals surface area contributed by atoms with Gasteiger partial charge in [-0.1, -0.05) is 45.4 Å². The molecule has 0 spiro atoms. The molecule has 17 heavy (non-hydrogen) atoms. The summed E-state index contributed by atoms with van der Waals surface area (Å²) < 4.78 is 2.14. The first-order chi connectivity index (χ1) is 8.29. The van der Waals surface area contributed by atoms with Crippen molar-refractivity contribution in [3.63, 3.8) is 0 Å². The second-order valence-corrected chi connectivity index (χ2v) is 4.73. The molecule has 0 saturated carbocycles. The van der Waals surface area contributed by atoms with E-state index in [2.05, 4.69) is 23.4 Å². The lowest BCUT2D eigenvalue weighted by atomic mass is 10.1.